The van der Waals surface area contributed by atoms with Gasteiger partial charge in [-0.1, -0.05) is 24.4 Å². The van der Waals surface area contributed by atoms with E-state index in [9.17, 15) is 24.8 Å². The molecule has 1 aromatic carbocycles. The summed E-state index contributed by atoms with van der Waals surface area (Å²) in [6.45, 7) is 0. The Morgan fingerprint density at radius 3 is 2.45 bits per heavy atom. The van der Waals surface area contributed by atoms with Gasteiger partial charge in [0.25, 0.3) is 5.69 Å². The molecular formula is C14H15ClN2O5. The fourth-order valence-corrected chi connectivity index (χ4v) is 2.91. The molecule has 1 aliphatic rings. The maximum Gasteiger partial charge on any atom is 0.307 e. The van der Waals surface area contributed by atoms with Crippen LogP contribution < -0.4 is 5.32 Å². The van der Waals surface area contributed by atoms with E-state index in [-0.39, 0.29) is 16.4 Å². The molecule has 1 amide bonds. The number of nitrogens with one attached hydrogen (secondary N) is 1. The molecule has 0 bridgehead atoms. The number of aliphatic carboxylic acids is 1. The van der Waals surface area contributed by atoms with Crippen molar-refractivity contribution in [2.75, 3.05) is 5.32 Å². The van der Waals surface area contributed by atoms with Gasteiger partial charge in [-0.25, -0.2) is 0 Å². The molecule has 0 saturated heterocycles. The van der Waals surface area contributed by atoms with E-state index in [2.05, 4.69) is 5.32 Å². The van der Waals surface area contributed by atoms with E-state index in [1.54, 1.807) is 0 Å². The van der Waals surface area contributed by atoms with Gasteiger partial charge in [-0.05, 0) is 18.9 Å². The molecule has 0 heterocycles. The number of non-ortho nitro benzene ring substituents is 1. The molecule has 1 aromatic rings. The minimum absolute atomic E-state index is 0.0465. The summed E-state index contributed by atoms with van der Waals surface area (Å²) in [5.74, 6) is -2.71. The number of hydrogen-bond donors (Lipinski definition) is 2. The van der Waals surface area contributed by atoms with Crippen molar-refractivity contribution in [3.8, 4) is 0 Å². The summed E-state index contributed by atoms with van der Waals surface area (Å²) in [6, 6.07) is 3.72. The first-order valence-corrected chi connectivity index (χ1v) is 7.25. The summed E-state index contributed by atoms with van der Waals surface area (Å²) < 4.78 is 0. The summed E-state index contributed by atoms with van der Waals surface area (Å²) in [5.41, 5.74) is 0.0658. The molecule has 8 heteroatoms. The minimum atomic E-state index is -0.977. The third-order valence-corrected chi connectivity index (χ3v) is 4.15. The third kappa shape index (κ3) is 3.54. The van der Waals surface area contributed by atoms with Crippen LogP contribution in [0.15, 0.2) is 18.2 Å². The van der Waals surface area contributed by atoms with Crippen LogP contribution in [0.25, 0.3) is 0 Å². The highest BCUT2D eigenvalue weighted by molar-refractivity contribution is 6.34. The smallest absolute Gasteiger partial charge is 0.307 e. The van der Waals surface area contributed by atoms with Gasteiger partial charge in [0, 0.05) is 12.1 Å². The zero-order valence-corrected chi connectivity index (χ0v) is 12.4. The number of anilines is 1. The zero-order chi connectivity index (χ0) is 16.3. The van der Waals surface area contributed by atoms with Gasteiger partial charge < -0.3 is 10.4 Å². The van der Waals surface area contributed by atoms with E-state index in [0.717, 1.165) is 18.9 Å². The fraction of sp³-hybridized carbons (Fsp3) is 0.429. The minimum Gasteiger partial charge on any atom is -0.481 e. The molecule has 0 aliphatic heterocycles. The van der Waals surface area contributed by atoms with Crippen molar-refractivity contribution in [3.63, 3.8) is 0 Å². The molecule has 22 heavy (non-hydrogen) atoms. The number of carbonyl (C=O) groups excluding carboxylic acids is 1. The van der Waals surface area contributed by atoms with Crippen molar-refractivity contribution in [3.05, 3.63) is 33.3 Å². The molecule has 118 valence electrons. The van der Waals surface area contributed by atoms with E-state index in [0.29, 0.717) is 12.8 Å². The second kappa shape index (κ2) is 6.74. The predicted octanol–water partition coefficient (Wildman–Crippen LogP) is 3.08. The summed E-state index contributed by atoms with van der Waals surface area (Å²) in [4.78, 5) is 33.6. The van der Waals surface area contributed by atoms with E-state index in [4.69, 9.17) is 11.6 Å². The van der Waals surface area contributed by atoms with Crippen molar-refractivity contribution in [1.29, 1.82) is 0 Å². The number of carboxylic acid groups (broad SMARTS) is 1. The van der Waals surface area contributed by atoms with Gasteiger partial charge in [-0.2, -0.15) is 0 Å². The standard InChI is InChI=1S/C14H15ClN2O5/c15-11-7-8(17(21)22)5-6-12(11)16-13(18)9-3-1-2-4-10(9)14(19)20/h5-7,9-10H,1-4H2,(H,16,18)(H,19,20). The topological polar surface area (TPSA) is 110 Å². The lowest BCUT2D eigenvalue weighted by Crippen LogP contribution is -2.36. The molecule has 2 rings (SSSR count). The number of rotatable bonds is 4. The number of nitro groups is 1. The van der Waals surface area contributed by atoms with Crippen LogP contribution in [0.5, 0.6) is 0 Å². The Morgan fingerprint density at radius 1 is 1.27 bits per heavy atom. The molecule has 2 atom stereocenters. The molecule has 1 saturated carbocycles. The predicted molar refractivity (Wildman–Crippen MR) is 79.8 cm³/mol. The van der Waals surface area contributed by atoms with Gasteiger partial charge >= 0.3 is 5.97 Å². The van der Waals surface area contributed by atoms with Crippen molar-refractivity contribution in [2.24, 2.45) is 11.8 Å². The summed E-state index contributed by atoms with van der Waals surface area (Å²) >= 11 is 5.92. The Morgan fingerprint density at radius 2 is 1.91 bits per heavy atom. The fourth-order valence-electron chi connectivity index (χ4n) is 2.68. The van der Waals surface area contributed by atoms with Gasteiger partial charge in [0.2, 0.25) is 5.91 Å². The number of benzene rings is 1. The van der Waals surface area contributed by atoms with E-state index >= 15 is 0 Å². The van der Waals surface area contributed by atoms with Gasteiger partial charge in [-0.3, -0.25) is 19.7 Å². The highest BCUT2D eigenvalue weighted by Crippen LogP contribution is 2.33. The van der Waals surface area contributed by atoms with Gasteiger partial charge in [0.1, 0.15) is 0 Å². The number of nitrogens with zero attached hydrogens (tertiary/aromatic N) is 1. The van der Waals surface area contributed by atoms with Crippen LogP contribution in [-0.4, -0.2) is 21.9 Å². The summed E-state index contributed by atoms with van der Waals surface area (Å²) in [6.07, 6.45) is 2.57. The van der Waals surface area contributed by atoms with Gasteiger partial charge in [-0.15, -0.1) is 0 Å². The molecular weight excluding hydrogens is 312 g/mol. The Bertz CT molecular complexity index is 619. The largest absolute Gasteiger partial charge is 0.481 e. The third-order valence-electron chi connectivity index (χ3n) is 3.84. The van der Waals surface area contributed by atoms with Crippen molar-refractivity contribution < 1.29 is 19.6 Å². The van der Waals surface area contributed by atoms with Crippen LogP contribution in [0, 0.1) is 22.0 Å². The molecule has 0 radical (unpaired) electrons. The first-order valence-electron chi connectivity index (χ1n) is 6.87. The highest BCUT2D eigenvalue weighted by atomic mass is 35.5. The lowest BCUT2D eigenvalue weighted by molar-refractivity contribution is -0.384. The Hall–Kier alpha value is -2.15. The second-order valence-electron chi connectivity index (χ2n) is 5.25. The lowest BCUT2D eigenvalue weighted by atomic mass is 9.78. The maximum atomic E-state index is 12.3. The van der Waals surface area contributed by atoms with Crippen molar-refractivity contribution in [1.82, 2.24) is 0 Å². The van der Waals surface area contributed by atoms with Gasteiger partial charge in [0.15, 0.2) is 0 Å². The SMILES string of the molecule is O=C(O)C1CCCCC1C(=O)Nc1ccc([N+](=O)[O-])cc1Cl. The molecule has 0 spiro atoms. The number of nitro benzene ring substituents is 1. The summed E-state index contributed by atoms with van der Waals surface area (Å²) in [5, 5.41) is 22.5. The van der Waals surface area contributed by atoms with Gasteiger partial charge in [0.05, 0.1) is 27.5 Å². The second-order valence-corrected chi connectivity index (χ2v) is 5.65. The number of carboxylic acids is 1. The van der Waals surface area contributed by atoms with E-state index in [1.165, 1.54) is 12.1 Å². The average Bonchev–Trinajstić information content (AvgIpc) is 2.48. The molecule has 7 nitrogen and oxygen atoms in total. The van der Waals surface area contributed by atoms with E-state index in [1.807, 2.05) is 0 Å². The molecule has 0 aromatic heterocycles. The number of carbonyl (C=O) groups is 2. The Labute approximate surface area is 131 Å². The summed E-state index contributed by atoms with van der Waals surface area (Å²) in [7, 11) is 0. The zero-order valence-electron chi connectivity index (χ0n) is 11.6. The van der Waals surface area contributed by atoms with Crippen molar-refractivity contribution >= 4 is 34.9 Å². The quantitative estimate of drug-likeness (QED) is 0.652. The molecule has 2 N–H and O–H groups in total. The molecule has 1 aliphatic carbocycles. The number of hydrogen-bond acceptors (Lipinski definition) is 4. The van der Waals surface area contributed by atoms with Crippen molar-refractivity contribution in [2.45, 2.75) is 25.7 Å². The normalized spacial score (nSPS) is 21.1. The monoisotopic (exact) mass is 326 g/mol. The van der Waals surface area contributed by atoms with Crippen LogP contribution in [0.3, 0.4) is 0 Å². The highest BCUT2D eigenvalue weighted by Gasteiger charge is 2.35. The van der Waals surface area contributed by atoms with E-state index < -0.39 is 28.6 Å². The Balaban J connectivity index is 2.14. The van der Waals surface area contributed by atoms with Crippen LogP contribution in [0.1, 0.15) is 25.7 Å². The first kappa shape index (κ1) is 16.2. The Kier molecular flexibility index (Phi) is 4.97. The lowest BCUT2D eigenvalue weighted by Gasteiger charge is -2.27. The van der Waals surface area contributed by atoms with Crippen LogP contribution in [0.4, 0.5) is 11.4 Å². The van der Waals surface area contributed by atoms with Crippen LogP contribution in [-0.2, 0) is 9.59 Å². The van der Waals surface area contributed by atoms with Crippen LogP contribution >= 0.6 is 11.6 Å². The molecule has 1 fully saturated rings. The number of halogens is 1. The van der Waals surface area contributed by atoms with Crippen LogP contribution in [0.2, 0.25) is 5.02 Å². The average molecular weight is 327 g/mol. The first-order chi connectivity index (χ1) is 10.4. The molecule has 2 unspecified atom stereocenters. The number of amides is 1. The maximum absolute atomic E-state index is 12.3.